The highest BCUT2D eigenvalue weighted by molar-refractivity contribution is 5.79. The lowest BCUT2D eigenvalue weighted by molar-refractivity contribution is -0.167. The average molecular weight is 405 g/mol. The molecule has 0 unspecified atom stereocenters. The Morgan fingerprint density at radius 3 is 2.14 bits per heavy atom. The third-order valence-corrected chi connectivity index (χ3v) is 8.36. The number of carbonyl (C=O) groups excluding carboxylic acids is 1. The van der Waals surface area contributed by atoms with Gasteiger partial charge in [0.1, 0.15) is 6.61 Å². The van der Waals surface area contributed by atoms with Crippen molar-refractivity contribution in [3.05, 3.63) is 0 Å². The van der Waals surface area contributed by atoms with Gasteiger partial charge in [0.25, 0.3) is 0 Å². The van der Waals surface area contributed by atoms with Gasteiger partial charge in [-0.25, -0.2) is 0 Å². The summed E-state index contributed by atoms with van der Waals surface area (Å²) in [6.07, 6.45) is 15.5. The fourth-order valence-electron chi connectivity index (χ4n) is 6.39. The van der Waals surface area contributed by atoms with Crippen LogP contribution < -0.4 is 0 Å². The quantitative estimate of drug-likeness (QED) is 0.678. The normalized spacial score (nSPS) is 37.5. The van der Waals surface area contributed by atoms with Gasteiger partial charge < -0.3 is 19.3 Å². The van der Waals surface area contributed by atoms with Crippen LogP contribution in [0.4, 0.5) is 0 Å². The van der Waals surface area contributed by atoms with Crippen LogP contribution in [0.3, 0.4) is 0 Å². The SMILES string of the molecule is O=C1CO[C@H]2CCCC[C@@H]2N1C1CCN(C2CCC(COCC3CC3)CC2)CC1. The van der Waals surface area contributed by atoms with Gasteiger partial charge in [0, 0.05) is 38.4 Å². The number of fused-ring (bicyclic) bond motifs is 1. The predicted octanol–water partition coefficient (Wildman–Crippen LogP) is 3.61. The predicted molar refractivity (Wildman–Crippen MR) is 113 cm³/mol. The van der Waals surface area contributed by atoms with Gasteiger partial charge in [-0.1, -0.05) is 12.8 Å². The molecule has 1 amide bonds. The van der Waals surface area contributed by atoms with Crippen molar-refractivity contribution in [1.29, 1.82) is 0 Å². The largest absolute Gasteiger partial charge is 0.381 e. The first-order valence-electron chi connectivity index (χ1n) is 12.5. The minimum atomic E-state index is 0.248. The second kappa shape index (κ2) is 9.23. The maximum atomic E-state index is 12.7. The van der Waals surface area contributed by atoms with Crippen molar-refractivity contribution in [2.75, 3.05) is 32.9 Å². The van der Waals surface area contributed by atoms with E-state index in [1.807, 2.05) is 0 Å². The molecule has 5 aliphatic rings. The Kier molecular flexibility index (Phi) is 6.45. The molecule has 3 aliphatic carbocycles. The Hall–Kier alpha value is -0.650. The molecule has 0 radical (unpaired) electrons. The number of amides is 1. The van der Waals surface area contributed by atoms with E-state index in [2.05, 4.69) is 9.80 Å². The van der Waals surface area contributed by atoms with Crippen LogP contribution in [-0.4, -0.2) is 72.8 Å². The topological polar surface area (TPSA) is 42.0 Å². The van der Waals surface area contributed by atoms with Crippen molar-refractivity contribution in [2.24, 2.45) is 11.8 Å². The van der Waals surface area contributed by atoms with Gasteiger partial charge >= 0.3 is 0 Å². The van der Waals surface area contributed by atoms with Crippen LogP contribution in [0.2, 0.25) is 0 Å². The van der Waals surface area contributed by atoms with Crippen LogP contribution in [0.1, 0.15) is 77.0 Å². The lowest BCUT2D eigenvalue weighted by atomic mass is 9.84. The molecule has 2 atom stereocenters. The molecular weight excluding hydrogens is 364 g/mol. The van der Waals surface area contributed by atoms with Crippen LogP contribution in [0.25, 0.3) is 0 Å². The molecule has 2 heterocycles. The van der Waals surface area contributed by atoms with Crippen LogP contribution >= 0.6 is 0 Å². The van der Waals surface area contributed by atoms with Crippen LogP contribution in [-0.2, 0) is 14.3 Å². The van der Waals surface area contributed by atoms with Gasteiger partial charge in [-0.15, -0.1) is 0 Å². The molecule has 2 aliphatic heterocycles. The molecule has 0 bridgehead atoms. The summed E-state index contributed by atoms with van der Waals surface area (Å²) in [7, 11) is 0. The van der Waals surface area contributed by atoms with E-state index in [0.717, 1.165) is 56.8 Å². The number of hydrogen-bond acceptors (Lipinski definition) is 4. The van der Waals surface area contributed by atoms with E-state index in [-0.39, 0.29) is 5.91 Å². The summed E-state index contributed by atoms with van der Waals surface area (Å²) in [5.41, 5.74) is 0. The first-order valence-corrected chi connectivity index (χ1v) is 12.5. The van der Waals surface area contributed by atoms with Crippen LogP contribution in [0, 0.1) is 11.8 Å². The zero-order valence-electron chi connectivity index (χ0n) is 18.1. The van der Waals surface area contributed by atoms with Crippen LogP contribution in [0.15, 0.2) is 0 Å². The van der Waals surface area contributed by atoms with E-state index in [1.165, 1.54) is 64.5 Å². The minimum absolute atomic E-state index is 0.248. The average Bonchev–Trinajstić information content (AvgIpc) is 3.59. The summed E-state index contributed by atoms with van der Waals surface area (Å²) in [4.78, 5) is 17.7. The third kappa shape index (κ3) is 4.83. The summed E-state index contributed by atoms with van der Waals surface area (Å²) < 4.78 is 11.8. The molecule has 0 N–H and O–H groups in total. The molecule has 2 saturated heterocycles. The van der Waals surface area contributed by atoms with E-state index in [1.54, 1.807) is 0 Å². The maximum Gasteiger partial charge on any atom is 0.249 e. The van der Waals surface area contributed by atoms with Crippen LogP contribution in [0.5, 0.6) is 0 Å². The molecule has 5 rings (SSSR count). The zero-order valence-corrected chi connectivity index (χ0v) is 18.1. The molecular formula is C24H40N2O3. The van der Waals surface area contributed by atoms with E-state index in [4.69, 9.17) is 9.47 Å². The molecule has 0 aromatic carbocycles. The van der Waals surface area contributed by atoms with Gasteiger partial charge in [-0.3, -0.25) is 4.79 Å². The first kappa shape index (κ1) is 20.3. The number of rotatable bonds is 6. The number of hydrogen-bond donors (Lipinski definition) is 0. The standard InChI is InChI=1S/C24H40N2O3/c27-24-17-29-23-4-2-1-3-22(23)26(24)21-11-13-25(14-12-21)20-9-7-19(8-10-20)16-28-15-18-5-6-18/h18-23H,1-17H2/t19?,20?,22-,23-/m0/s1. The molecule has 0 aromatic heterocycles. The highest BCUT2D eigenvalue weighted by atomic mass is 16.5. The van der Waals surface area contributed by atoms with E-state index in [9.17, 15) is 4.79 Å². The fourth-order valence-corrected chi connectivity index (χ4v) is 6.39. The number of nitrogens with zero attached hydrogens (tertiary/aromatic N) is 2. The number of morpholine rings is 1. The Morgan fingerprint density at radius 1 is 0.793 bits per heavy atom. The van der Waals surface area contributed by atoms with E-state index >= 15 is 0 Å². The second-order valence-corrected chi connectivity index (χ2v) is 10.4. The highest BCUT2D eigenvalue weighted by Gasteiger charge is 2.42. The lowest BCUT2D eigenvalue weighted by Crippen LogP contribution is -2.61. The van der Waals surface area contributed by atoms with Crippen molar-refractivity contribution < 1.29 is 14.3 Å². The second-order valence-electron chi connectivity index (χ2n) is 10.4. The molecule has 5 fully saturated rings. The van der Waals surface area contributed by atoms with Gasteiger partial charge in [-0.05, 0) is 76.0 Å². The molecule has 0 spiro atoms. The number of carbonyl (C=O) groups is 1. The van der Waals surface area contributed by atoms with Crippen molar-refractivity contribution in [1.82, 2.24) is 9.80 Å². The Labute approximate surface area is 176 Å². The molecule has 3 saturated carbocycles. The summed E-state index contributed by atoms with van der Waals surface area (Å²) in [6.45, 7) is 4.65. The summed E-state index contributed by atoms with van der Waals surface area (Å²) in [5, 5.41) is 0. The molecule has 5 heteroatoms. The molecule has 0 aromatic rings. The summed E-state index contributed by atoms with van der Waals surface area (Å²) in [6, 6.07) is 1.56. The van der Waals surface area contributed by atoms with Gasteiger partial charge in [0.05, 0.1) is 12.1 Å². The fraction of sp³-hybridized carbons (Fsp3) is 0.958. The van der Waals surface area contributed by atoms with Gasteiger partial charge in [0.15, 0.2) is 0 Å². The summed E-state index contributed by atoms with van der Waals surface area (Å²) >= 11 is 0. The lowest BCUT2D eigenvalue weighted by Gasteiger charge is -2.50. The Morgan fingerprint density at radius 2 is 1.45 bits per heavy atom. The zero-order chi connectivity index (χ0) is 19.6. The van der Waals surface area contributed by atoms with Crippen molar-refractivity contribution in [3.8, 4) is 0 Å². The highest BCUT2D eigenvalue weighted by Crippen LogP contribution is 2.35. The first-order chi connectivity index (χ1) is 14.3. The number of piperidine rings is 1. The number of ether oxygens (including phenoxy) is 2. The van der Waals surface area contributed by atoms with Gasteiger partial charge in [0.2, 0.25) is 5.91 Å². The monoisotopic (exact) mass is 404 g/mol. The van der Waals surface area contributed by atoms with E-state index in [0.29, 0.717) is 24.8 Å². The van der Waals surface area contributed by atoms with Crippen molar-refractivity contribution in [3.63, 3.8) is 0 Å². The molecule has 164 valence electrons. The minimum Gasteiger partial charge on any atom is -0.381 e. The molecule has 5 nitrogen and oxygen atoms in total. The summed E-state index contributed by atoms with van der Waals surface area (Å²) in [5.74, 6) is 1.92. The Balaban J connectivity index is 1.07. The van der Waals surface area contributed by atoms with Gasteiger partial charge in [-0.2, -0.15) is 0 Å². The third-order valence-electron chi connectivity index (χ3n) is 8.36. The number of likely N-dealkylation sites (tertiary alicyclic amines) is 1. The van der Waals surface area contributed by atoms with Crippen molar-refractivity contribution >= 4 is 5.91 Å². The molecule has 29 heavy (non-hydrogen) atoms. The maximum absolute atomic E-state index is 12.7. The Bertz CT molecular complexity index is 550. The smallest absolute Gasteiger partial charge is 0.249 e. The van der Waals surface area contributed by atoms with E-state index < -0.39 is 0 Å². The van der Waals surface area contributed by atoms with Crippen molar-refractivity contribution in [2.45, 2.75) is 101 Å².